The van der Waals surface area contributed by atoms with E-state index in [0.717, 1.165) is 28.4 Å². The van der Waals surface area contributed by atoms with Crippen LogP contribution in [0.2, 0.25) is 0 Å². The maximum Gasteiger partial charge on any atom is 0.262 e. The van der Waals surface area contributed by atoms with Gasteiger partial charge in [-0.3, -0.25) is 4.79 Å². The van der Waals surface area contributed by atoms with Crippen LogP contribution in [0.1, 0.15) is 34.7 Å². The maximum atomic E-state index is 12.9. The molecule has 6 nitrogen and oxygen atoms in total. The zero-order valence-corrected chi connectivity index (χ0v) is 18.8. The maximum absolute atomic E-state index is 12.9. The number of amides is 1. The largest absolute Gasteiger partial charge is 0.374 e. The number of thiophene rings is 1. The van der Waals surface area contributed by atoms with Crippen molar-refractivity contribution in [3.63, 3.8) is 0 Å². The minimum Gasteiger partial charge on any atom is -0.374 e. The van der Waals surface area contributed by atoms with E-state index in [0.29, 0.717) is 32.7 Å². The third-order valence-corrected chi connectivity index (χ3v) is 8.59. The van der Waals surface area contributed by atoms with E-state index >= 15 is 0 Å². The Hall–Kier alpha value is -1.39. The molecule has 158 valence electrons. The number of carbonyl (C=O) groups is 1. The fourth-order valence-electron chi connectivity index (χ4n) is 3.03. The van der Waals surface area contributed by atoms with Gasteiger partial charge in [0.05, 0.1) is 6.10 Å². The molecule has 0 radical (unpaired) electrons. The van der Waals surface area contributed by atoms with E-state index in [4.69, 9.17) is 4.74 Å². The summed E-state index contributed by atoms with van der Waals surface area (Å²) in [6.45, 7) is 3.91. The average Bonchev–Trinajstić information content (AvgIpc) is 3.25. The highest BCUT2D eigenvalue weighted by atomic mass is 32.2. The standard InChI is InChI=1S/C20H26N2O4S3/c1-16(17-6-3-2-4-7-17)26-12-5-9-21-20(23)19-18(8-13-28-19)29(24,25)22-10-14-27-15-11-22/h2-4,6-8,13,16H,5,9-12,14-15H2,1H3,(H,21,23). The topological polar surface area (TPSA) is 75.7 Å². The van der Waals surface area contributed by atoms with Gasteiger partial charge in [-0.1, -0.05) is 30.3 Å². The molecule has 2 aromatic rings. The molecule has 0 saturated carbocycles. The van der Waals surface area contributed by atoms with Crippen LogP contribution >= 0.6 is 23.1 Å². The van der Waals surface area contributed by atoms with Crippen molar-refractivity contribution < 1.29 is 17.9 Å². The highest BCUT2D eigenvalue weighted by Crippen LogP contribution is 2.27. The summed E-state index contributed by atoms with van der Waals surface area (Å²) in [7, 11) is -3.63. The minimum atomic E-state index is -3.63. The quantitative estimate of drug-likeness (QED) is 0.588. The molecule has 1 aromatic carbocycles. The molecule has 0 bridgehead atoms. The van der Waals surface area contributed by atoms with E-state index in [2.05, 4.69) is 5.32 Å². The van der Waals surface area contributed by atoms with E-state index in [9.17, 15) is 13.2 Å². The van der Waals surface area contributed by atoms with Crippen LogP contribution in [0.15, 0.2) is 46.7 Å². The first-order valence-electron chi connectivity index (χ1n) is 9.60. The van der Waals surface area contributed by atoms with Crippen LogP contribution < -0.4 is 5.32 Å². The molecule has 1 N–H and O–H groups in total. The number of nitrogens with zero attached hydrogens (tertiary/aromatic N) is 1. The molecule has 1 aliphatic rings. The second-order valence-electron chi connectivity index (χ2n) is 6.66. The first kappa shape index (κ1) is 22.3. The van der Waals surface area contributed by atoms with E-state index in [1.807, 2.05) is 37.3 Å². The van der Waals surface area contributed by atoms with Crippen LogP contribution in [0.3, 0.4) is 0 Å². The third-order valence-electron chi connectivity index (χ3n) is 4.67. The molecule has 29 heavy (non-hydrogen) atoms. The Morgan fingerprint density at radius 3 is 2.66 bits per heavy atom. The molecule has 1 atom stereocenters. The van der Waals surface area contributed by atoms with Gasteiger partial charge >= 0.3 is 0 Å². The van der Waals surface area contributed by atoms with Crippen molar-refractivity contribution in [2.45, 2.75) is 24.3 Å². The summed E-state index contributed by atoms with van der Waals surface area (Å²) in [6.07, 6.45) is 0.642. The zero-order valence-electron chi connectivity index (χ0n) is 16.4. The number of ether oxygens (including phenoxy) is 1. The molecule has 1 aromatic heterocycles. The summed E-state index contributed by atoms with van der Waals surface area (Å²) in [5.41, 5.74) is 1.11. The summed E-state index contributed by atoms with van der Waals surface area (Å²) in [5, 5.41) is 4.48. The highest BCUT2D eigenvalue weighted by molar-refractivity contribution is 7.99. The van der Waals surface area contributed by atoms with Gasteiger partial charge in [0.25, 0.3) is 5.91 Å². The van der Waals surface area contributed by atoms with E-state index in [1.54, 1.807) is 17.1 Å². The number of sulfonamides is 1. The van der Waals surface area contributed by atoms with Crippen LogP contribution in [0, 0.1) is 0 Å². The van der Waals surface area contributed by atoms with Crippen molar-refractivity contribution in [2.75, 3.05) is 37.7 Å². The van der Waals surface area contributed by atoms with Gasteiger partial charge < -0.3 is 10.1 Å². The Kier molecular flexibility index (Phi) is 8.14. The molecule has 1 aliphatic heterocycles. The summed E-state index contributed by atoms with van der Waals surface area (Å²) < 4.78 is 33.0. The number of benzene rings is 1. The summed E-state index contributed by atoms with van der Waals surface area (Å²) in [4.78, 5) is 12.9. The van der Waals surface area contributed by atoms with Crippen LogP contribution in [0.5, 0.6) is 0 Å². The number of rotatable bonds is 9. The lowest BCUT2D eigenvalue weighted by atomic mass is 10.1. The van der Waals surface area contributed by atoms with Gasteiger partial charge in [-0.05, 0) is 30.4 Å². The molecule has 1 fully saturated rings. The van der Waals surface area contributed by atoms with Crippen LogP contribution in [-0.4, -0.2) is 56.4 Å². The SMILES string of the molecule is CC(OCCCNC(=O)c1sccc1S(=O)(=O)N1CCSCC1)c1ccccc1. The molecular formula is C20H26N2O4S3. The predicted octanol–water partition coefficient (Wildman–Crippen LogP) is 3.38. The number of hydrogen-bond acceptors (Lipinski definition) is 6. The molecule has 2 heterocycles. The van der Waals surface area contributed by atoms with Gasteiger partial charge in [-0.25, -0.2) is 8.42 Å². The second kappa shape index (κ2) is 10.6. The number of thioether (sulfide) groups is 1. The number of hydrogen-bond donors (Lipinski definition) is 1. The van der Waals surface area contributed by atoms with Crippen molar-refractivity contribution in [1.82, 2.24) is 9.62 Å². The van der Waals surface area contributed by atoms with E-state index < -0.39 is 10.0 Å². The van der Waals surface area contributed by atoms with Crippen LogP contribution in [-0.2, 0) is 14.8 Å². The number of carbonyl (C=O) groups excluding carboxylic acids is 1. The fourth-order valence-corrected chi connectivity index (χ4v) is 6.92. The highest BCUT2D eigenvalue weighted by Gasteiger charge is 2.31. The summed E-state index contributed by atoms with van der Waals surface area (Å²) in [5.74, 6) is 1.22. The molecule has 1 unspecified atom stereocenters. The Morgan fingerprint density at radius 2 is 1.93 bits per heavy atom. The normalized spacial score (nSPS) is 16.4. The monoisotopic (exact) mass is 454 g/mol. The van der Waals surface area contributed by atoms with Gasteiger partial charge in [0.2, 0.25) is 10.0 Å². The lowest BCUT2D eigenvalue weighted by Crippen LogP contribution is -2.38. The van der Waals surface area contributed by atoms with E-state index in [-0.39, 0.29) is 21.8 Å². The Labute approximate surface area is 180 Å². The Bertz CT molecular complexity index is 893. The molecular weight excluding hydrogens is 428 g/mol. The molecule has 1 saturated heterocycles. The van der Waals surface area contributed by atoms with Gasteiger partial charge in [-0.15, -0.1) is 11.3 Å². The summed E-state index contributed by atoms with van der Waals surface area (Å²) in [6, 6.07) is 11.5. The molecule has 1 amide bonds. The van der Waals surface area contributed by atoms with Crippen molar-refractivity contribution in [1.29, 1.82) is 0 Å². The van der Waals surface area contributed by atoms with E-state index in [1.165, 1.54) is 10.4 Å². The van der Waals surface area contributed by atoms with Crippen molar-refractivity contribution >= 4 is 39.0 Å². The van der Waals surface area contributed by atoms with Crippen LogP contribution in [0.4, 0.5) is 0 Å². The average molecular weight is 455 g/mol. The van der Waals surface area contributed by atoms with Gasteiger partial charge in [0, 0.05) is 37.7 Å². The molecule has 9 heteroatoms. The first-order chi connectivity index (χ1) is 14.0. The van der Waals surface area contributed by atoms with Crippen molar-refractivity contribution in [3.05, 3.63) is 52.2 Å². The van der Waals surface area contributed by atoms with Crippen LogP contribution in [0.25, 0.3) is 0 Å². The smallest absolute Gasteiger partial charge is 0.262 e. The Morgan fingerprint density at radius 1 is 1.21 bits per heavy atom. The molecule has 0 aliphatic carbocycles. The Balaban J connectivity index is 1.49. The minimum absolute atomic E-state index is 0.0105. The first-order valence-corrected chi connectivity index (χ1v) is 13.1. The van der Waals surface area contributed by atoms with Gasteiger partial charge in [-0.2, -0.15) is 16.1 Å². The fraction of sp³-hybridized carbons (Fsp3) is 0.450. The predicted molar refractivity (Wildman–Crippen MR) is 118 cm³/mol. The number of nitrogens with one attached hydrogen (secondary N) is 1. The zero-order chi connectivity index (χ0) is 20.7. The summed E-state index contributed by atoms with van der Waals surface area (Å²) >= 11 is 2.90. The second-order valence-corrected chi connectivity index (χ2v) is 10.7. The molecule has 3 rings (SSSR count). The van der Waals surface area contributed by atoms with Crippen molar-refractivity contribution in [3.8, 4) is 0 Å². The lowest BCUT2D eigenvalue weighted by Gasteiger charge is -2.25. The lowest BCUT2D eigenvalue weighted by molar-refractivity contribution is 0.0635. The molecule has 0 spiro atoms. The van der Waals surface area contributed by atoms with Gasteiger partial charge in [0.15, 0.2) is 0 Å². The van der Waals surface area contributed by atoms with Gasteiger partial charge in [0.1, 0.15) is 9.77 Å². The van der Waals surface area contributed by atoms with Crippen molar-refractivity contribution in [2.24, 2.45) is 0 Å². The third kappa shape index (κ3) is 5.82.